The highest BCUT2D eigenvalue weighted by molar-refractivity contribution is 5.87. The molecule has 0 bridgehead atoms. The van der Waals surface area contributed by atoms with E-state index in [9.17, 15) is 14.9 Å². The number of fused-ring (bicyclic) bond motifs is 1. The fraction of sp³-hybridized carbons (Fsp3) is 0.111. The van der Waals surface area contributed by atoms with E-state index in [1.165, 1.54) is 18.3 Å². The van der Waals surface area contributed by atoms with Crippen LogP contribution in [0, 0.1) is 10.1 Å². The Morgan fingerprint density at radius 3 is 2.53 bits per heavy atom. The molecule has 4 aromatic carbocycles. The van der Waals surface area contributed by atoms with Crippen molar-refractivity contribution in [1.82, 2.24) is 5.43 Å². The summed E-state index contributed by atoms with van der Waals surface area (Å²) in [6.07, 6.45) is 1.53. The van der Waals surface area contributed by atoms with Gasteiger partial charge in [0.15, 0.2) is 0 Å². The van der Waals surface area contributed by atoms with E-state index < -0.39 is 4.92 Å². The molecule has 0 aliphatic carbocycles. The molecule has 0 unspecified atom stereocenters. The number of non-ortho nitro benzene ring substituents is 1. The maximum absolute atomic E-state index is 12.2. The lowest BCUT2D eigenvalue weighted by Crippen LogP contribution is -2.25. The lowest BCUT2D eigenvalue weighted by Gasteiger charge is -2.11. The summed E-state index contributed by atoms with van der Waals surface area (Å²) >= 11 is 0. The number of ether oxygens (including phenoxy) is 2. The highest BCUT2D eigenvalue weighted by atomic mass is 16.6. The quantitative estimate of drug-likeness (QED) is 0.188. The van der Waals surface area contributed by atoms with Gasteiger partial charge in [-0.1, -0.05) is 42.5 Å². The molecule has 1 amide bonds. The number of carbonyl (C=O) groups is 1. The molecular weight excluding hydrogens is 460 g/mol. The van der Waals surface area contributed by atoms with Gasteiger partial charge in [-0.2, -0.15) is 5.10 Å². The highest BCUT2D eigenvalue weighted by Crippen LogP contribution is 2.23. The molecule has 0 heterocycles. The third-order valence-electron chi connectivity index (χ3n) is 5.36. The molecule has 9 heteroatoms. The van der Waals surface area contributed by atoms with Crippen LogP contribution in [0.5, 0.6) is 11.5 Å². The van der Waals surface area contributed by atoms with Gasteiger partial charge in [0.2, 0.25) is 0 Å². The van der Waals surface area contributed by atoms with Crippen LogP contribution in [0.25, 0.3) is 10.8 Å². The van der Waals surface area contributed by atoms with Gasteiger partial charge in [0.05, 0.1) is 24.8 Å². The number of nitrogens with zero attached hydrogens (tertiary/aromatic N) is 2. The van der Waals surface area contributed by atoms with Crippen molar-refractivity contribution in [3.63, 3.8) is 0 Å². The number of nitrogens with one attached hydrogen (secondary N) is 2. The molecule has 182 valence electrons. The molecule has 4 rings (SSSR count). The number of hydrogen-bond acceptors (Lipinski definition) is 7. The summed E-state index contributed by atoms with van der Waals surface area (Å²) in [7, 11) is 1.55. The Kier molecular flexibility index (Phi) is 7.72. The van der Waals surface area contributed by atoms with E-state index in [-0.39, 0.29) is 24.7 Å². The normalized spacial score (nSPS) is 10.8. The van der Waals surface area contributed by atoms with Gasteiger partial charge in [0.25, 0.3) is 11.6 Å². The number of methoxy groups -OCH3 is 1. The van der Waals surface area contributed by atoms with E-state index in [2.05, 4.69) is 15.8 Å². The molecule has 0 saturated heterocycles. The topological polar surface area (TPSA) is 115 Å². The lowest BCUT2D eigenvalue weighted by molar-refractivity contribution is -0.384. The molecule has 0 aromatic heterocycles. The Morgan fingerprint density at radius 1 is 1.00 bits per heavy atom. The molecular formula is C27H24N4O5. The largest absolute Gasteiger partial charge is 0.496 e. The number of hydrogen-bond donors (Lipinski definition) is 2. The van der Waals surface area contributed by atoms with E-state index in [1.807, 2.05) is 54.6 Å². The van der Waals surface area contributed by atoms with E-state index in [0.29, 0.717) is 11.5 Å². The first-order valence-electron chi connectivity index (χ1n) is 11.1. The summed E-state index contributed by atoms with van der Waals surface area (Å²) in [4.78, 5) is 22.5. The van der Waals surface area contributed by atoms with Crippen molar-refractivity contribution in [3.8, 4) is 11.5 Å². The van der Waals surface area contributed by atoms with Crippen LogP contribution < -0.4 is 20.2 Å². The zero-order valence-corrected chi connectivity index (χ0v) is 19.5. The fourth-order valence-corrected chi connectivity index (χ4v) is 3.49. The highest BCUT2D eigenvalue weighted by Gasteiger charge is 2.08. The van der Waals surface area contributed by atoms with Crippen LogP contribution in [0.15, 0.2) is 90.0 Å². The zero-order valence-electron chi connectivity index (χ0n) is 19.5. The predicted octanol–water partition coefficient (Wildman–Crippen LogP) is 4.90. The van der Waals surface area contributed by atoms with Gasteiger partial charge in [-0.25, -0.2) is 5.43 Å². The van der Waals surface area contributed by atoms with Crippen LogP contribution in [0.3, 0.4) is 0 Å². The lowest BCUT2D eigenvalue weighted by atomic mass is 10.1. The van der Waals surface area contributed by atoms with Gasteiger partial charge in [0.1, 0.15) is 18.1 Å². The van der Waals surface area contributed by atoms with Crippen molar-refractivity contribution in [2.24, 2.45) is 5.10 Å². The van der Waals surface area contributed by atoms with Crippen LogP contribution in [-0.4, -0.2) is 30.7 Å². The average molecular weight is 485 g/mol. The van der Waals surface area contributed by atoms with Crippen LogP contribution in [0.1, 0.15) is 11.1 Å². The summed E-state index contributed by atoms with van der Waals surface area (Å²) < 4.78 is 11.2. The summed E-state index contributed by atoms with van der Waals surface area (Å²) in [6.45, 7) is 0.299. The molecule has 0 spiro atoms. The van der Waals surface area contributed by atoms with Crippen molar-refractivity contribution in [3.05, 3.63) is 106 Å². The number of nitro benzene ring substituents is 1. The molecule has 2 N–H and O–H groups in total. The minimum Gasteiger partial charge on any atom is -0.496 e. The molecule has 0 aliphatic heterocycles. The Hall–Kier alpha value is -4.92. The second-order valence-corrected chi connectivity index (χ2v) is 7.82. The third-order valence-corrected chi connectivity index (χ3v) is 5.36. The summed E-state index contributed by atoms with van der Waals surface area (Å²) in [5, 5.41) is 20.1. The van der Waals surface area contributed by atoms with Gasteiger partial charge in [-0.05, 0) is 46.7 Å². The summed E-state index contributed by atoms with van der Waals surface area (Å²) in [6, 6.07) is 25.2. The molecule has 0 atom stereocenters. The van der Waals surface area contributed by atoms with Gasteiger partial charge >= 0.3 is 0 Å². The maximum Gasteiger partial charge on any atom is 0.269 e. The van der Waals surface area contributed by atoms with Crippen molar-refractivity contribution >= 4 is 34.3 Å². The third kappa shape index (κ3) is 6.35. The van der Waals surface area contributed by atoms with E-state index in [0.717, 1.165) is 27.6 Å². The molecule has 0 aliphatic rings. The van der Waals surface area contributed by atoms with Gasteiger partial charge in [0, 0.05) is 23.4 Å². The second-order valence-electron chi connectivity index (χ2n) is 7.82. The molecule has 9 nitrogen and oxygen atoms in total. The van der Waals surface area contributed by atoms with Crippen molar-refractivity contribution in [1.29, 1.82) is 0 Å². The Morgan fingerprint density at radius 2 is 1.78 bits per heavy atom. The second kappa shape index (κ2) is 11.5. The van der Waals surface area contributed by atoms with Crippen LogP contribution >= 0.6 is 0 Å². The molecule has 0 radical (unpaired) electrons. The first-order chi connectivity index (χ1) is 17.5. The smallest absolute Gasteiger partial charge is 0.269 e. The Balaban J connectivity index is 1.28. The van der Waals surface area contributed by atoms with Crippen LogP contribution in [-0.2, 0) is 11.4 Å². The molecule has 4 aromatic rings. The maximum atomic E-state index is 12.2. The molecule has 36 heavy (non-hydrogen) atoms. The number of carbonyl (C=O) groups excluding carboxylic acids is 1. The Bertz CT molecular complexity index is 1400. The van der Waals surface area contributed by atoms with Crippen molar-refractivity contribution in [2.45, 2.75) is 6.61 Å². The van der Waals surface area contributed by atoms with Crippen LogP contribution in [0.2, 0.25) is 0 Å². The minimum absolute atomic E-state index is 0.000120. The predicted molar refractivity (Wildman–Crippen MR) is 139 cm³/mol. The minimum atomic E-state index is -0.461. The number of nitro groups is 1. The van der Waals surface area contributed by atoms with E-state index >= 15 is 0 Å². The summed E-state index contributed by atoms with van der Waals surface area (Å²) in [5.41, 5.74) is 4.87. The zero-order chi connectivity index (χ0) is 25.3. The number of hydrazone groups is 1. The Labute approximate surface area is 207 Å². The average Bonchev–Trinajstić information content (AvgIpc) is 2.91. The fourth-order valence-electron chi connectivity index (χ4n) is 3.49. The van der Waals surface area contributed by atoms with Gasteiger partial charge in [-0.15, -0.1) is 0 Å². The van der Waals surface area contributed by atoms with Gasteiger partial charge in [-0.3, -0.25) is 14.9 Å². The van der Waals surface area contributed by atoms with Gasteiger partial charge < -0.3 is 14.8 Å². The SMILES string of the molecule is COc1cc(/C=N/NC(=O)CNc2ccc3ccccc3c2)ccc1COc1ccc([N+](=O)[O-])cc1. The number of anilines is 1. The summed E-state index contributed by atoms with van der Waals surface area (Å²) in [5.74, 6) is 0.818. The molecule has 0 saturated carbocycles. The monoisotopic (exact) mass is 484 g/mol. The number of amides is 1. The number of benzene rings is 4. The standard InChI is InChI=1S/C27H24N4O5/c1-35-26-14-19(6-7-22(26)18-36-25-12-10-24(11-13-25)31(33)34)16-29-30-27(32)17-28-23-9-8-20-4-2-3-5-21(20)15-23/h2-16,28H,17-18H2,1H3,(H,30,32)/b29-16+. The first-order valence-corrected chi connectivity index (χ1v) is 11.1. The van der Waals surface area contributed by atoms with Crippen LogP contribution in [0.4, 0.5) is 11.4 Å². The van der Waals surface area contributed by atoms with E-state index in [1.54, 1.807) is 25.3 Å². The van der Waals surface area contributed by atoms with Crippen molar-refractivity contribution < 1.29 is 19.2 Å². The molecule has 0 fully saturated rings. The van der Waals surface area contributed by atoms with E-state index in [4.69, 9.17) is 9.47 Å². The first kappa shape index (κ1) is 24.2. The van der Waals surface area contributed by atoms with Crippen molar-refractivity contribution in [2.75, 3.05) is 19.0 Å². The number of rotatable bonds is 10.